The lowest BCUT2D eigenvalue weighted by Crippen LogP contribution is -2.47. The fraction of sp³-hybridized carbons (Fsp3) is 0.842. The summed E-state index contributed by atoms with van der Waals surface area (Å²) in [5.74, 6) is 1.75. The average Bonchev–Trinajstić information content (AvgIpc) is 3.39. The third-order valence-corrected chi connectivity index (χ3v) is 5.76. The molecule has 0 aromatic carbocycles. The summed E-state index contributed by atoms with van der Waals surface area (Å²) in [6.07, 6.45) is 4.10. The predicted molar refractivity (Wildman–Crippen MR) is 107 cm³/mol. The molecule has 2 heterocycles. The summed E-state index contributed by atoms with van der Waals surface area (Å²) in [5, 5.41) is 4.81. The highest BCUT2D eigenvalue weighted by atomic mass is 32.1. The maximum absolute atomic E-state index is 12.3. The number of likely N-dealkylation sites (tertiary alicyclic amines) is 1. The second-order valence-electron chi connectivity index (χ2n) is 8.74. The summed E-state index contributed by atoms with van der Waals surface area (Å²) in [5.41, 5.74) is -0.458. The molecule has 7 nitrogen and oxygen atoms in total. The molecule has 1 aliphatic heterocycles. The van der Waals surface area contributed by atoms with Crippen LogP contribution in [0.4, 0.5) is 4.79 Å². The van der Waals surface area contributed by atoms with Crippen molar-refractivity contribution in [1.82, 2.24) is 24.1 Å². The molecule has 1 aliphatic carbocycles. The van der Waals surface area contributed by atoms with E-state index in [0.29, 0.717) is 5.92 Å². The van der Waals surface area contributed by atoms with Crippen LogP contribution in [0.15, 0.2) is 0 Å². The molecule has 0 radical (unpaired) electrons. The van der Waals surface area contributed by atoms with Gasteiger partial charge in [0.2, 0.25) is 0 Å². The van der Waals surface area contributed by atoms with E-state index in [0.717, 1.165) is 49.7 Å². The zero-order valence-electron chi connectivity index (χ0n) is 17.3. The van der Waals surface area contributed by atoms with E-state index in [4.69, 9.17) is 22.1 Å². The number of aromatic nitrogens is 3. The van der Waals surface area contributed by atoms with E-state index < -0.39 is 5.60 Å². The minimum atomic E-state index is -0.458. The highest BCUT2D eigenvalue weighted by Crippen LogP contribution is 2.39. The normalized spacial score (nSPS) is 19.3. The summed E-state index contributed by atoms with van der Waals surface area (Å²) in [6.45, 7) is 11.3. The van der Waals surface area contributed by atoms with Crippen molar-refractivity contribution in [2.24, 2.45) is 0 Å². The Hall–Kier alpha value is -1.41. The molecule has 0 spiro atoms. The van der Waals surface area contributed by atoms with Crippen LogP contribution in [0.3, 0.4) is 0 Å². The van der Waals surface area contributed by atoms with E-state index >= 15 is 0 Å². The molecule has 0 bridgehead atoms. The number of ether oxygens (including phenoxy) is 1. The van der Waals surface area contributed by atoms with Gasteiger partial charge in [0.25, 0.3) is 0 Å². The molecule has 1 saturated heterocycles. The number of hydrogen-bond donors (Lipinski definition) is 0. The lowest BCUT2D eigenvalue weighted by Gasteiger charge is -2.37. The van der Waals surface area contributed by atoms with Crippen LogP contribution in [0, 0.1) is 4.77 Å². The fourth-order valence-corrected chi connectivity index (χ4v) is 3.93. The smallest absolute Gasteiger partial charge is 0.410 e. The van der Waals surface area contributed by atoms with Gasteiger partial charge in [-0.3, -0.25) is 4.90 Å². The molecule has 1 saturated carbocycles. The first-order valence-corrected chi connectivity index (χ1v) is 10.5. The first-order valence-electron chi connectivity index (χ1n) is 10.0. The van der Waals surface area contributed by atoms with Crippen molar-refractivity contribution in [2.75, 3.05) is 20.1 Å². The molecule has 0 unspecified atom stereocenters. The molecule has 1 aromatic rings. The fourth-order valence-electron chi connectivity index (χ4n) is 3.61. The molecule has 152 valence electrons. The topological polar surface area (TPSA) is 55.5 Å². The Kier molecular flexibility index (Phi) is 5.96. The lowest BCUT2D eigenvalue weighted by molar-refractivity contribution is 0.0134. The number of nitrogens with zero attached hydrogens (tertiary/aromatic N) is 5. The van der Waals surface area contributed by atoms with Crippen LogP contribution in [0.2, 0.25) is 0 Å². The second-order valence-corrected chi connectivity index (χ2v) is 9.11. The van der Waals surface area contributed by atoms with Crippen LogP contribution in [-0.4, -0.2) is 62.0 Å². The van der Waals surface area contributed by atoms with Crippen molar-refractivity contribution in [3.05, 3.63) is 10.6 Å². The van der Waals surface area contributed by atoms with Crippen molar-refractivity contribution in [1.29, 1.82) is 0 Å². The molecule has 1 amide bonds. The standard InChI is InChI=1S/C19H33N5O2S/c1-6-23-16(14-7-8-14)20-24(17(23)27)13-22-11-9-15(10-12-22)21(5)18(25)26-19(2,3)4/h14-15H,6-13H2,1-5H3. The van der Waals surface area contributed by atoms with Gasteiger partial charge >= 0.3 is 6.09 Å². The molecule has 27 heavy (non-hydrogen) atoms. The minimum absolute atomic E-state index is 0.222. The average molecular weight is 396 g/mol. The van der Waals surface area contributed by atoms with Gasteiger partial charge in [0.05, 0.1) is 6.67 Å². The van der Waals surface area contributed by atoms with E-state index in [-0.39, 0.29) is 12.1 Å². The lowest BCUT2D eigenvalue weighted by atomic mass is 10.0. The molecule has 8 heteroatoms. The summed E-state index contributed by atoms with van der Waals surface area (Å²) >= 11 is 5.64. The number of rotatable bonds is 5. The van der Waals surface area contributed by atoms with Gasteiger partial charge < -0.3 is 14.2 Å². The summed E-state index contributed by atoms with van der Waals surface area (Å²) < 4.78 is 10.5. The summed E-state index contributed by atoms with van der Waals surface area (Å²) in [7, 11) is 1.84. The maximum Gasteiger partial charge on any atom is 0.410 e. The van der Waals surface area contributed by atoms with Gasteiger partial charge in [0.15, 0.2) is 4.77 Å². The van der Waals surface area contributed by atoms with Gasteiger partial charge in [-0.2, -0.15) is 5.10 Å². The predicted octanol–water partition coefficient (Wildman–Crippen LogP) is 3.60. The number of piperidine rings is 1. The van der Waals surface area contributed by atoms with E-state index in [1.807, 2.05) is 32.5 Å². The van der Waals surface area contributed by atoms with Crippen LogP contribution in [0.1, 0.15) is 65.1 Å². The Morgan fingerprint density at radius 1 is 1.26 bits per heavy atom. The van der Waals surface area contributed by atoms with Crippen LogP contribution in [0.5, 0.6) is 0 Å². The number of carbonyl (C=O) groups excluding carboxylic acids is 1. The third-order valence-electron chi connectivity index (χ3n) is 5.33. The minimum Gasteiger partial charge on any atom is -0.444 e. The van der Waals surface area contributed by atoms with Crippen LogP contribution >= 0.6 is 12.2 Å². The molecule has 0 N–H and O–H groups in total. The van der Waals surface area contributed by atoms with Gasteiger partial charge in [-0.05, 0) is 65.6 Å². The van der Waals surface area contributed by atoms with Gasteiger partial charge in [0, 0.05) is 38.6 Å². The maximum atomic E-state index is 12.3. The van der Waals surface area contributed by atoms with Crippen molar-refractivity contribution in [3.8, 4) is 0 Å². The molecule has 2 aliphatic rings. The first-order chi connectivity index (χ1) is 12.7. The quantitative estimate of drug-likeness (QED) is 0.713. The van der Waals surface area contributed by atoms with Gasteiger partial charge in [-0.1, -0.05) is 0 Å². The summed E-state index contributed by atoms with van der Waals surface area (Å²) in [6, 6.07) is 0.222. The van der Waals surface area contributed by atoms with Crippen LogP contribution in [0.25, 0.3) is 0 Å². The highest BCUT2D eigenvalue weighted by molar-refractivity contribution is 7.71. The van der Waals surface area contributed by atoms with E-state index in [9.17, 15) is 4.79 Å². The highest BCUT2D eigenvalue weighted by Gasteiger charge is 2.31. The number of carbonyl (C=O) groups is 1. The van der Waals surface area contributed by atoms with E-state index in [2.05, 4.69) is 16.4 Å². The van der Waals surface area contributed by atoms with Crippen molar-refractivity contribution in [2.45, 2.75) is 84.2 Å². The molecular formula is C19H33N5O2S. The Bertz CT molecular complexity index is 723. The molecule has 0 atom stereocenters. The largest absolute Gasteiger partial charge is 0.444 e. The van der Waals surface area contributed by atoms with Gasteiger partial charge in [-0.15, -0.1) is 0 Å². The zero-order chi connectivity index (χ0) is 19.8. The Labute approximate surface area is 167 Å². The van der Waals surface area contributed by atoms with Crippen LogP contribution < -0.4 is 0 Å². The Morgan fingerprint density at radius 3 is 2.41 bits per heavy atom. The van der Waals surface area contributed by atoms with E-state index in [1.165, 1.54) is 12.8 Å². The molecule has 3 rings (SSSR count). The van der Waals surface area contributed by atoms with Crippen molar-refractivity contribution >= 4 is 18.3 Å². The Balaban J connectivity index is 1.56. The zero-order valence-corrected chi connectivity index (χ0v) is 18.1. The summed E-state index contributed by atoms with van der Waals surface area (Å²) in [4.78, 5) is 16.4. The SMILES string of the molecule is CCn1c(C2CC2)nn(CN2CCC(N(C)C(=O)OC(C)(C)C)CC2)c1=S. The van der Waals surface area contributed by atoms with Gasteiger partial charge in [0.1, 0.15) is 11.4 Å². The Morgan fingerprint density at radius 2 is 1.89 bits per heavy atom. The van der Waals surface area contributed by atoms with Gasteiger partial charge in [-0.25, -0.2) is 9.48 Å². The number of hydrogen-bond acceptors (Lipinski definition) is 5. The van der Waals surface area contributed by atoms with Crippen molar-refractivity contribution < 1.29 is 9.53 Å². The molecule has 1 aromatic heterocycles. The van der Waals surface area contributed by atoms with E-state index in [1.54, 1.807) is 4.90 Å². The molecule has 2 fully saturated rings. The van der Waals surface area contributed by atoms with Crippen LogP contribution in [-0.2, 0) is 18.0 Å². The third kappa shape index (κ3) is 4.90. The number of amides is 1. The second kappa shape index (κ2) is 7.91. The van der Waals surface area contributed by atoms with Crippen molar-refractivity contribution in [3.63, 3.8) is 0 Å². The monoisotopic (exact) mass is 395 g/mol. The first kappa shape index (κ1) is 20.3. The molecular weight excluding hydrogens is 362 g/mol.